The lowest BCUT2D eigenvalue weighted by molar-refractivity contribution is 0.484. The number of imidazole rings is 1. The van der Waals surface area contributed by atoms with Gasteiger partial charge in [0.1, 0.15) is 5.52 Å². The average molecular weight is 450 g/mol. The first-order valence-corrected chi connectivity index (χ1v) is 10.1. The van der Waals surface area contributed by atoms with E-state index in [1.165, 1.54) is 16.3 Å². The second-order valence-corrected chi connectivity index (χ2v) is 8.03. The van der Waals surface area contributed by atoms with Gasteiger partial charge in [-0.05, 0) is 34.0 Å². The van der Waals surface area contributed by atoms with Crippen LogP contribution in [0, 0.1) is 5.92 Å². The SMILES string of the molecule is CC(CSc1nc2ccccc2o1)Cn1c(Br)nc2c1c(=O)[nH]c(=O)n2C. The Morgan fingerprint density at radius 3 is 2.85 bits per heavy atom. The van der Waals surface area contributed by atoms with E-state index in [2.05, 4.69) is 37.8 Å². The van der Waals surface area contributed by atoms with E-state index in [0.29, 0.717) is 27.7 Å². The molecule has 1 N–H and O–H groups in total. The molecule has 0 aliphatic heterocycles. The highest BCUT2D eigenvalue weighted by molar-refractivity contribution is 9.10. The standard InChI is InChI=1S/C17H16BrN5O3S/c1-9(8-27-17-19-10-5-3-4-6-11(10)26-17)7-23-12-13(20-15(23)18)22(2)16(25)21-14(12)24/h3-6,9H,7-8H2,1-2H3,(H,21,24,25). The van der Waals surface area contributed by atoms with Crippen molar-refractivity contribution in [1.29, 1.82) is 0 Å². The van der Waals surface area contributed by atoms with Crippen LogP contribution in [0.25, 0.3) is 22.3 Å². The summed E-state index contributed by atoms with van der Waals surface area (Å²) in [7, 11) is 1.58. The van der Waals surface area contributed by atoms with Gasteiger partial charge in [-0.1, -0.05) is 30.8 Å². The van der Waals surface area contributed by atoms with E-state index in [0.717, 1.165) is 16.9 Å². The Kier molecular flexibility index (Phi) is 4.68. The van der Waals surface area contributed by atoms with Crippen molar-refractivity contribution in [2.75, 3.05) is 5.75 Å². The van der Waals surface area contributed by atoms with Gasteiger partial charge in [-0.3, -0.25) is 14.3 Å². The van der Waals surface area contributed by atoms with Crippen LogP contribution >= 0.6 is 27.7 Å². The first-order valence-electron chi connectivity index (χ1n) is 8.27. The summed E-state index contributed by atoms with van der Waals surface area (Å²) >= 11 is 4.93. The van der Waals surface area contributed by atoms with E-state index in [1.54, 1.807) is 11.6 Å². The average Bonchev–Trinajstić information content (AvgIpc) is 3.19. The number of rotatable bonds is 5. The predicted molar refractivity (Wildman–Crippen MR) is 107 cm³/mol. The minimum absolute atomic E-state index is 0.204. The minimum atomic E-state index is -0.482. The highest BCUT2D eigenvalue weighted by atomic mass is 79.9. The van der Waals surface area contributed by atoms with E-state index < -0.39 is 11.2 Å². The molecule has 1 aromatic carbocycles. The third-order valence-corrected chi connectivity index (χ3v) is 5.98. The van der Waals surface area contributed by atoms with Crippen molar-refractivity contribution < 1.29 is 4.42 Å². The van der Waals surface area contributed by atoms with Crippen LogP contribution in [-0.2, 0) is 13.6 Å². The topological polar surface area (TPSA) is 98.7 Å². The van der Waals surface area contributed by atoms with Crippen LogP contribution in [0.15, 0.2) is 48.2 Å². The molecule has 10 heteroatoms. The third kappa shape index (κ3) is 3.34. The number of halogens is 1. The molecule has 0 saturated carbocycles. The molecule has 0 radical (unpaired) electrons. The van der Waals surface area contributed by atoms with Crippen molar-refractivity contribution in [3.8, 4) is 0 Å². The maximum atomic E-state index is 12.3. The van der Waals surface area contributed by atoms with Crippen LogP contribution in [0.4, 0.5) is 0 Å². The highest BCUT2D eigenvalue weighted by Crippen LogP contribution is 2.26. The largest absolute Gasteiger partial charge is 0.431 e. The second-order valence-electron chi connectivity index (χ2n) is 6.35. The van der Waals surface area contributed by atoms with E-state index in [-0.39, 0.29) is 5.92 Å². The Bertz CT molecular complexity index is 1220. The number of benzene rings is 1. The molecule has 140 valence electrons. The van der Waals surface area contributed by atoms with Crippen molar-refractivity contribution >= 4 is 50.0 Å². The first-order chi connectivity index (χ1) is 12.9. The number of hydrogen-bond acceptors (Lipinski definition) is 6. The normalized spacial score (nSPS) is 12.9. The van der Waals surface area contributed by atoms with Crippen molar-refractivity contribution in [2.45, 2.75) is 18.7 Å². The lowest BCUT2D eigenvalue weighted by Crippen LogP contribution is -2.29. The summed E-state index contributed by atoms with van der Waals surface area (Å²) in [6.45, 7) is 2.63. The maximum absolute atomic E-state index is 12.3. The van der Waals surface area contributed by atoms with Crippen LogP contribution in [0.2, 0.25) is 0 Å². The summed E-state index contributed by atoms with van der Waals surface area (Å²) in [5.74, 6) is 0.957. The van der Waals surface area contributed by atoms with E-state index in [9.17, 15) is 9.59 Å². The quantitative estimate of drug-likeness (QED) is 0.371. The molecule has 3 heterocycles. The lowest BCUT2D eigenvalue weighted by atomic mass is 10.2. The van der Waals surface area contributed by atoms with Gasteiger partial charge >= 0.3 is 5.69 Å². The molecule has 27 heavy (non-hydrogen) atoms. The van der Waals surface area contributed by atoms with Crippen LogP contribution in [-0.4, -0.2) is 29.8 Å². The van der Waals surface area contributed by atoms with Gasteiger partial charge in [-0.2, -0.15) is 0 Å². The van der Waals surface area contributed by atoms with Crippen molar-refractivity contribution in [3.05, 3.63) is 49.8 Å². The molecule has 0 aliphatic carbocycles. The molecule has 8 nitrogen and oxygen atoms in total. The number of para-hydroxylation sites is 2. The van der Waals surface area contributed by atoms with Gasteiger partial charge in [0, 0.05) is 19.3 Å². The summed E-state index contributed by atoms with van der Waals surface area (Å²) in [5, 5.41) is 0.623. The van der Waals surface area contributed by atoms with E-state index in [1.807, 2.05) is 24.3 Å². The summed E-state index contributed by atoms with van der Waals surface area (Å²) in [4.78, 5) is 35.1. The molecule has 1 unspecified atom stereocenters. The Labute approximate surface area is 165 Å². The number of H-pyrrole nitrogens is 1. The Hall–Kier alpha value is -2.33. The fraction of sp³-hybridized carbons (Fsp3) is 0.294. The number of nitrogens with zero attached hydrogens (tertiary/aromatic N) is 4. The summed E-state index contributed by atoms with van der Waals surface area (Å²) < 4.78 is 9.35. The molecule has 4 aromatic rings. The van der Waals surface area contributed by atoms with Crippen molar-refractivity contribution in [1.82, 2.24) is 24.1 Å². The number of thioether (sulfide) groups is 1. The van der Waals surface area contributed by atoms with Crippen LogP contribution in [0.3, 0.4) is 0 Å². The minimum Gasteiger partial charge on any atom is -0.431 e. The smallest absolute Gasteiger partial charge is 0.329 e. The summed E-state index contributed by atoms with van der Waals surface area (Å²) in [6.07, 6.45) is 0. The van der Waals surface area contributed by atoms with Gasteiger partial charge in [0.15, 0.2) is 21.5 Å². The molecule has 0 saturated heterocycles. The Morgan fingerprint density at radius 2 is 2.07 bits per heavy atom. The van der Waals surface area contributed by atoms with Crippen molar-refractivity contribution in [2.24, 2.45) is 13.0 Å². The molecule has 0 amide bonds. The molecule has 0 spiro atoms. The van der Waals surface area contributed by atoms with Gasteiger partial charge < -0.3 is 8.98 Å². The lowest BCUT2D eigenvalue weighted by Gasteiger charge is -2.12. The van der Waals surface area contributed by atoms with Crippen LogP contribution in [0.1, 0.15) is 6.92 Å². The molecule has 4 rings (SSSR count). The zero-order valence-electron chi connectivity index (χ0n) is 14.6. The maximum Gasteiger partial charge on any atom is 0.329 e. The number of aromatic nitrogens is 5. The number of hydrogen-bond donors (Lipinski definition) is 1. The van der Waals surface area contributed by atoms with Gasteiger partial charge in [-0.25, -0.2) is 14.8 Å². The number of fused-ring (bicyclic) bond motifs is 2. The molecular weight excluding hydrogens is 434 g/mol. The van der Waals surface area contributed by atoms with Crippen molar-refractivity contribution in [3.63, 3.8) is 0 Å². The molecule has 1 atom stereocenters. The monoisotopic (exact) mass is 449 g/mol. The van der Waals surface area contributed by atoms with E-state index in [4.69, 9.17) is 4.42 Å². The third-order valence-electron chi connectivity index (χ3n) is 4.22. The molecule has 0 bridgehead atoms. The molecular formula is C17H16BrN5O3S. The fourth-order valence-corrected chi connectivity index (χ4v) is 4.20. The molecule has 3 aromatic heterocycles. The van der Waals surface area contributed by atoms with Gasteiger partial charge in [0.05, 0.1) is 0 Å². The Morgan fingerprint density at radius 1 is 1.30 bits per heavy atom. The fourth-order valence-electron chi connectivity index (χ4n) is 2.87. The number of oxazole rings is 1. The van der Waals surface area contributed by atoms with Gasteiger partial charge in [0.2, 0.25) is 0 Å². The Balaban J connectivity index is 1.55. The molecule has 0 fully saturated rings. The zero-order valence-corrected chi connectivity index (χ0v) is 17.0. The van der Waals surface area contributed by atoms with Crippen LogP contribution < -0.4 is 11.2 Å². The number of nitrogens with one attached hydrogen (secondary N) is 1. The zero-order chi connectivity index (χ0) is 19.1. The molecule has 0 aliphatic rings. The highest BCUT2D eigenvalue weighted by Gasteiger charge is 2.18. The second kappa shape index (κ2) is 7.01. The summed E-state index contributed by atoms with van der Waals surface area (Å²) in [5.41, 5.74) is 1.42. The van der Waals surface area contributed by atoms with Crippen LogP contribution in [0.5, 0.6) is 0 Å². The van der Waals surface area contributed by atoms with E-state index >= 15 is 0 Å². The predicted octanol–water partition coefficient (Wildman–Crippen LogP) is 2.76. The summed E-state index contributed by atoms with van der Waals surface area (Å²) in [6, 6.07) is 7.64. The first kappa shape index (κ1) is 18.1. The number of aryl methyl sites for hydroxylation is 1. The van der Waals surface area contributed by atoms with Gasteiger partial charge in [0.25, 0.3) is 10.8 Å². The number of aromatic amines is 1. The van der Waals surface area contributed by atoms with Gasteiger partial charge in [-0.15, -0.1) is 0 Å².